The molecule has 1 aromatic heterocycles. The number of carbonyl (C=O) groups excluding carboxylic acids is 2. The summed E-state index contributed by atoms with van der Waals surface area (Å²) in [6.45, 7) is 1.88. The number of benzene rings is 1. The number of hydrogen-bond donors (Lipinski definition) is 2. The Morgan fingerprint density at radius 1 is 1.15 bits per heavy atom. The van der Waals surface area contributed by atoms with Gasteiger partial charge in [0, 0.05) is 24.4 Å². The molecule has 0 aliphatic rings. The highest BCUT2D eigenvalue weighted by molar-refractivity contribution is 6.04. The van der Waals surface area contributed by atoms with Crippen LogP contribution in [0.15, 0.2) is 36.5 Å². The van der Waals surface area contributed by atoms with Gasteiger partial charge in [0.05, 0.1) is 18.4 Å². The molecule has 0 fully saturated rings. The van der Waals surface area contributed by atoms with E-state index in [-0.39, 0.29) is 11.5 Å². The molecule has 1 aromatic carbocycles. The zero-order valence-corrected chi connectivity index (χ0v) is 14.7. The van der Waals surface area contributed by atoms with E-state index < -0.39 is 17.8 Å². The van der Waals surface area contributed by atoms with Crippen molar-refractivity contribution in [3.8, 4) is 5.75 Å². The Morgan fingerprint density at radius 3 is 2.44 bits per heavy atom. The first kappa shape index (κ1) is 20.2. The van der Waals surface area contributed by atoms with Crippen LogP contribution in [0.4, 0.5) is 24.5 Å². The second-order valence-corrected chi connectivity index (χ2v) is 5.60. The Balaban J connectivity index is 2.12. The summed E-state index contributed by atoms with van der Waals surface area (Å²) in [6.07, 6.45) is -2.65. The lowest BCUT2D eigenvalue weighted by Gasteiger charge is -2.13. The Kier molecular flexibility index (Phi) is 6.38. The van der Waals surface area contributed by atoms with Crippen molar-refractivity contribution in [2.75, 3.05) is 17.7 Å². The lowest BCUT2D eigenvalue weighted by atomic mass is 10.2. The number of amides is 2. The average molecular weight is 381 g/mol. The predicted octanol–water partition coefficient (Wildman–Crippen LogP) is 4.10. The number of alkyl halides is 3. The quantitative estimate of drug-likeness (QED) is 0.790. The highest BCUT2D eigenvalue weighted by atomic mass is 19.4. The molecule has 1 heterocycles. The van der Waals surface area contributed by atoms with Crippen LogP contribution in [0.3, 0.4) is 0 Å². The summed E-state index contributed by atoms with van der Waals surface area (Å²) in [6, 6.07) is 6.38. The van der Waals surface area contributed by atoms with E-state index in [2.05, 4.69) is 15.6 Å². The smallest absolute Gasteiger partial charge is 0.433 e. The molecule has 144 valence electrons. The molecule has 0 aliphatic carbocycles. The zero-order valence-electron chi connectivity index (χ0n) is 14.7. The number of hydrogen-bond acceptors (Lipinski definition) is 4. The largest absolute Gasteiger partial charge is 0.494 e. The molecule has 2 rings (SSSR count). The van der Waals surface area contributed by atoms with Gasteiger partial charge in [0.25, 0.3) is 5.91 Å². The zero-order chi connectivity index (χ0) is 20.0. The molecule has 0 spiro atoms. The number of nitrogens with one attached hydrogen (secondary N) is 2. The van der Waals surface area contributed by atoms with Crippen LogP contribution in [-0.4, -0.2) is 23.9 Å². The normalized spacial score (nSPS) is 11.0. The first-order valence-corrected chi connectivity index (χ1v) is 8.07. The topological polar surface area (TPSA) is 80.3 Å². The second kappa shape index (κ2) is 8.52. The third kappa shape index (κ3) is 5.44. The number of pyridine rings is 1. The van der Waals surface area contributed by atoms with Crippen molar-refractivity contribution in [3.05, 3.63) is 47.8 Å². The summed E-state index contributed by atoms with van der Waals surface area (Å²) in [4.78, 5) is 27.1. The number of aromatic nitrogens is 1. The van der Waals surface area contributed by atoms with E-state index in [9.17, 15) is 22.8 Å². The summed E-state index contributed by atoms with van der Waals surface area (Å²) in [5, 5.41) is 5.25. The Hall–Kier alpha value is -3.10. The fourth-order valence-electron chi connectivity index (χ4n) is 2.21. The van der Waals surface area contributed by atoms with E-state index in [0.717, 1.165) is 18.3 Å². The number of ether oxygens (including phenoxy) is 1. The minimum atomic E-state index is -4.57. The molecule has 0 atom stereocenters. The highest BCUT2D eigenvalue weighted by Crippen LogP contribution is 2.29. The van der Waals surface area contributed by atoms with E-state index in [1.54, 1.807) is 12.1 Å². The van der Waals surface area contributed by atoms with Gasteiger partial charge in [-0.3, -0.25) is 14.6 Å². The lowest BCUT2D eigenvalue weighted by Crippen LogP contribution is -2.15. The SMILES string of the molecule is CCCC(=O)Nc1ccc(NC(=O)c2ccc(C(F)(F)F)nc2)cc1OC. The van der Waals surface area contributed by atoms with Crippen LogP contribution in [0.25, 0.3) is 0 Å². The van der Waals surface area contributed by atoms with Gasteiger partial charge in [-0.15, -0.1) is 0 Å². The molecule has 0 saturated carbocycles. The van der Waals surface area contributed by atoms with Crippen LogP contribution < -0.4 is 15.4 Å². The van der Waals surface area contributed by atoms with Gasteiger partial charge >= 0.3 is 6.18 Å². The molecule has 2 amide bonds. The molecule has 0 saturated heterocycles. The fourth-order valence-corrected chi connectivity index (χ4v) is 2.21. The molecule has 0 bridgehead atoms. The number of methoxy groups -OCH3 is 1. The maximum atomic E-state index is 12.5. The summed E-state index contributed by atoms with van der Waals surface area (Å²) in [7, 11) is 1.41. The predicted molar refractivity (Wildman–Crippen MR) is 93.7 cm³/mol. The van der Waals surface area contributed by atoms with E-state index in [1.807, 2.05) is 6.92 Å². The standard InChI is InChI=1S/C18H18F3N3O3/c1-3-4-16(25)24-13-7-6-12(9-14(13)27-2)23-17(26)11-5-8-15(22-10-11)18(19,20)21/h5-10H,3-4H2,1-2H3,(H,23,26)(H,24,25). The van der Waals surface area contributed by atoms with Crippen LogP contribution in [0.5, 0.6) is 5.75 Å². The molecule has 9 heteroatoms. The van der Waals surface area contributed by atoms with E-state index in [4.69, 9.17) is 4.74 Å². The Labute approximate surface area is 153 Å². The molecule has 0 unspecified atom stereocenters. The Bertz CT molecular complexity index is 821. The minimum absolute atomic E-state index is 0.0257. The van der Waals surface area contributed by atoms with Crippen LogP contribution in [0.2, 0.25) is 0 Å². The summed E-state index contributed by atoms with van der Waals surface area (Å²) < 4.78 is 42.8. The molecule has 2 aromatic rings. The van der Waals surface area contributed by atoms with Gasteiger partial charge in [0.1, 0.15) is 11.4 Å². The maximum Gasteiger partial charge on any atom is 0.433 e. The molecular formula is C18H18F3N3O3. The third-order valence-electron chi connectivity index (χ3n) is 3.53. The number of rotatable bonds is 6. The summed E-state index contributed by atoms with van der Waals surface area (Å²) >= 11 is 0. The van der Waals surface area contributed by atoms with Gasteiger partial charge in [0.15, 0.2) is 0 Å². The van der Waals surface area contributed by atoms with Crippen LogP contribution in [-0.2, 0) is 11.0 Å². The van der Waals surface area contributed by atoms with Gasteiger partial charge < -0.3 is 15.4 Å². The average Bonchev–Trinajstić information content (AvgIpc) is 2.62. The van der Waals surface area contributed by atoms with Gasteiger partial charge in [-0.25, -0.2) is 0 Å². The van der Waals surface area contributed by atoms with E-state index in [1.165, 1.54) is 13.2 Å². The first-order chi connectivity index (χ1) is 12.7. The third-order valence-corrected chi connectivity index (χ3v) is 3.53. The van der Waals surface area contributed by atoms with Crippen molar-refractivity contribution in [2.45, 2.75) is 25.9 Å². The number of halogens is 3. The molecule has 27 heavy (non-hydrogen) atoms. The molecule has 0 radical (unpaired) electrons. The highest BCUT2D eigenvalue weighted by Gasteiger charge is 2.32. The van der Waals surface area contributed by atoms with Crippen LogP contribution >= 0.6 is 0 Å². The first-order valence-electron chi connectivity index (χ1n) is 8.07. The monoisotopic (exact) mass is 381 g/mol. The Morgan fingerprint density at radius 2 is 1.89 bits per heavy atom. The van der Waals surface area contributed by atoms with E-state index in [0.29, 0.717) is 30.0 Å². The second-order valence-electron chi connectivity index (χ2n) is 5.60. The van der Waals surface area contributed by atoms with Crippen molar-refractivity contribution in [1.82, 2.24) is 4.98 Å². The van der Waals surface area contributed by atoms with Crippen molar-refractivity contribution >= 4 is 23.2 Å². The van der Waals surface area contributed by atoms with Gasteiger partial charge in [-0.1, -0.05) is 6.92 Å². The molecular weight excluding hydrogens is 363 g/mol. The summed E-state index contributed by atoms with van der Waals surface area (Å²) in [5.74, 6) is -0.452. The van der Waals surface area contributed by atoms with Crippen LogP contribution in [0.1, 0.15) is 35.8 Å². The number of carbonyl (C=O) groups is 2. The fraction of sp³-hybridized carbons (Fsp3) is 0.278. The lowest BCUT2D eigenvalue weighted by molar-refractivity contribution is -0.141. The minimum Gasteiger partial charge on any atom is -0.494 e. The summed E-state index contributed by atoms with van der Waals surface area (Å²) in [5.41, 5.74) is -0.300. The molecule has 6 nitrogen and oxygen atoms in total. The van der Waals surface area contributed by atoms with Gasteiger partial charge in [0.2, 0.25) is 5.91 Å². The van der Waals surface area contributed by atoms with Gasteiger partial charge in [-0.2, -0.15) is 13.2 Å². The maximum absolute atomic E-state index is 12.5. The van der Waals surface area contributed by atoms with Crippen molar-refractivity contribution < 1.29 is 27.5 Å². The van der Waals surface area contributed by atoms with Crippen LogP contribution in [0, 0.1) is 0 Å². The number of anilines is 2. The molecule has 0 aliphatic heterocycles. The van der Waals surface area contributed by atoms with Gasteiger partial charge in [-0.05, 0) is 30.7 Å². The van der Waals surface area contributed by atoms with Crippen molar-refractivity contribution in [1.29, 1.82) is 0 Å². The number of nitrogens with zero attached hydrogens (tertiary/aromatic N) is 1. The molecule has 2 N–H and O–H groups in total. The van der Waals surface area contributed by atoms with E-state index >= 15 is 0 Å². The van der Waals surface area contributed by atoms with Crippen molar-refractivity contribution in [2.24, 2.45) is 0 Å². The van der Waals surface area contributed by atoms with Crippen molar-refractivity contribution in [3.63, 3.8) is 0 Å².